The van der Waals surface area contributed by atoms with Crippen molar-refractivity contribution in [1.29, 1.82) is 0 Å². The van der Waals surface area contributed by atoms with Crippen LogP contribution in [0.1, 0.15) is 5.56 Å². The topological polar surface area (TPSA) is 115 Å². The number of carboxylic acids is 1. The summed E-state index contributed by atoms with van der Waals surface area (Å²) >= 11 is 0. The van der Waals surface area contributed by atoms with Crippen LogP contribution in [0, 0.1) is 0 Å². The largest absolute Gasteiger partial charge is 0.508 e. The Labute approximate surface area is 213 Å². The van der Waals surface area contributed by atoms with Gasteiger partial charge in [-0.1, -0.05) is 48.5 Å². The van der Waals surface area contributed by atoms with E-state index in [4.69, 9.17) is 24.1 Å². The van der Waals surface area contributed by atoms with E-state index >= 15 is 0 Å². The van der Waals surface area contributed by atoms with Gasteiger partial charge in [0.2, 0.25) is 0 Å². The lowest BCUT2D eigenvalue weighted by atomic mass is 9.96. The molecule has 0 aliphatic heterocycles. The van der Waals surface area contributed by atoms with E-state index in [1.807, 2.05) is 30.3 Å². The number of aromatic hydroxyl groups is 2. The number of carboxylic acid groups (broad SMARTS) is 1. The van der Waals surface area contributed by atoms with Gasteiger partial charge in [-0.25, -0.2) is 4.79 Å². The van der Waals surface area contributed by atoms with E-state index in [1.165, 1.54) is 26.4 Å². The van der Waals surface area contributed by atoms with Crippen LogP contribution in [0.2, 0.25) is 0 Å². The van der Waals surface area contributed by atoms with Gasteiger partial charge in [0, 0.05) is 5.56 Å². The molecule has 0 heterocycles. The molecule has 8 heteroatoms. The number of rotatable bonds is 10. The van der Waals surface area contributed by atoms with Crippen LogP contribution in [0.3, 0.4) is 0 Å². The molecular weight excluding hydrogens is 476 g/mol. The first-order valence-electron chi connectivity index (χ1n) is 11.3. The fourth-order valence-electron chi connectivity index (χ4n) is 3.90. The smallest absolute Gasteiger partial charge is 0.341 e. The molecule has 3 N–H and O–H groups in total. The van der Waals surface area contributed by atoms with E-state index in [0.717, 1.165) is 5.56 Å². The zero-order valence-corrected chi connectivity index (χ0v) is 20.3. The summed E-state index contributed by atoms with van der Waals surface area (Å²) in [4.78, 5) is 11.2. The van der Waals surface area contributed by atoms with Crippen molar-refractivity contribution < 1.29 is 39.1 Å². The van der Waals surface area contributed by atoms with Crippen LogP contribution in [0.25, 0.3) is 22.3 Å². The Hall–Kier alpha value is -4.85. The second-order valence-electron chi connectivity index (χ2n) is 8.05. The number of methoxy groups -OCH3 is 2. The Morgan fingerprint density at radius 3 is 2.11 bits per heavy atom. The average Bonchev–Trinajstić information content (AvgIpc) is 2.91. The van der Waals surface area contributed by atoms with Crippen molar-refractivity contribution in [2.75, 3.05) is 20.8 Å². The molecule has 0 atom stereocenters. The van der Waals surface area contributed by atoms with E-state index in [0.29, 0.717) is 33.8 Å². The molecule has 0 amide bonds. The normalized spacial score (nSPS) is 10.5. The first-order chi connectivity index (χ1) is 17.9. The molecule has 0 unspecified atom stereocenters. The number of benzene rings is 4. The van der Waals surface area contributed by atoms with E-state index in [2.05, 4.69) is 0 Å². The highest BCUT2D eigenvalue weighted by Crippen LogP contribution is 2.50. The van der Waals surface area contributed by atoms with Crippen LogP contribution in [0.5, 0.6) is 34.5 Å². The van der Waals surface area contributed by atoms with E-state index < -0.39 is 12.6 Å². The Morgan fingerprint density at radius 2 is 1.46 bits per heavy atom. The van der Waals surface area contributed by atoms with Crippen molar-refractivity contribution in [3.63, 3.8) is 0 Å². The molecule has 0 saturated carbocycles. The van der Waals surface area contributed by atoms with Gasteiger partial charge in [0.05, 0.1) is 19.8 Å². The van der Waals surface area contributed by atoms with Crippen LogP contribution < -0.4 is 18.9 Å². The number of carbonyl (C=O) groups is 1. The van der Waals surface area contributed by atoms with Crippen molar-refractivity contribution in [3.8, 4) is 56.8 Å². The van der Waals surface area contributed by atoms with Crippen LogP contribution in [-0.4, -0.2) is 42.1 Å². The Morgan fingerprint density at radius 1 is 0.757 bits per heavy atom. The zero-order chi connectivity index (χ0) is 26.4. The summed E-state index contributed by atoms with van der Waals surface area (Å²) in [5.41, 5.74) is 3.02. The predicted octanol–water partition coefficient (Wildman–Crippen LogP) is 5.49. The van der Waals surface area contributed by atoms with Gasteiger partial charge in [0.15, 0.2) is 29.6 Å². The number of ether oxygens (including phenoxy) is 4. The lowest BCUT2D eigenvalue weighted by Gasteiger charge is -2.19. The number of phenols is 2. The molecule has 0 aliphatic carbocycles. The predicted molar refractivity (Wildman–Crippen MR) is 138 cm³/mol. The van der Waals surface area contributed by atoms with Crippen LogP contribution >= 0.6 is 0 Å². The van der Waals surface area contributed by atoms with Gasteiger partial charge in [-0.2, -0.15) is 0 Å². The number of aliphatic carboxylic acids is 1. The molecule has 0 aromatic heterocycles. The zero-order valence-electron chi connectivity index (χ0n) is 20.3. The fraction of sp³-hybridized carbons (Fsp3) is 0.138. The summed E-state index contributed by atoms with van der Waals surface area (Å²) in [6, 6.07) is 22.7. The average molecular weight is 503 g/mol. The second kappa shape index (κ2) is 11.3. The minimum absolute atomic E-state index is 0.110. The van der Waals surface area contributed by atoms with Crippen molar-refractivity contribution in [1.82, 2.24) is 0 Å². The molecule has 8 nitrogen and oxygen atoms in total. The second-order valence-corrected chi connectivity index (χ2v) is 8.05. The first-order valence-corrected chi connectivity index (χ1v) is 11.3. The molecule has 37 heavy (non-hydrogen) atoms. The quantitative estimate of drug-likeness (QED) is 0.261. The minimum atomic E-state index is -1.14. The van der Waals surface area contributed by atoms with E-state index in [1.54, 1.807) is 36.4 Å². The molecule has 0 aliphatic rings. The molecule has 4 aromatic rings. The Kier molecular flexibility index (Phi) is 7.68. The van der Waals surface area contributed by atoms with Gasteiger partial charge >= 0.3 is 5.97 Å². The highest BCUT2D eigenvalue weighted by atomic mass is 16.5. The summed E-state index contributed by atoms with van der Waals surface area (Å²) in [5.74, 6) is -0.105. The van der Waals surface area contributed by atoms with Gasteiger partial charge in [-0.3, -0.25) is 0 Å². The number of hydrogen-bond acceptors (Lipinski definition) is 7. The molecule has 4 rings (SSSR count). The molecule has 190 valence electrons. The molecule has 0 saturated heterocycles. The molecule has 0 bridgehead atoms. The third-order valence-electron chi connectivity index (χ3n) is 5.64. The molecular formula is C29H26O8. The van der Waals surface area contributed by atoms with Crippen LogP contribution in [0.15, 0.2) is 78.9 Å². The van der Waals surface area contributed by atoms with Gasteiger partial charge < -0.3 is 34.3 Å². The monoisotopic (exact) mass is 502 g/mol. The number of hydrogen-bond donors (Lipinski definition) is 3. The highest BCUT2D eigenvalue weighted by molar-refractivity contribution is 5.88. The third kappa shape index (κ3) is 5.70. The summed E-state index contributed by atoms with van der Waals surface area (Å²) in [7, 11) is 2.92. The summed E-state index contributed by atoms with van der Waals surface area (Å²) in [6.45, 7) is -0.315. The minimum Gasteiger partial charge on any atom is -0.508 e. The van der Waals surface area contributed by atoms with Gasteiger partial charge in [-0.05, 0) is 47.0 Å². The van der Waals surface area contributed by atoms with Gasteiger partial charge in [-0.15, -0.1) is 0 Å². The lowest BCUT2D eigenvalue weighted by molar-refractivity contribution is -0.139. The standard InChI is InChI=1S/C29H26O8/c1-34-25-15-22(19-8-11-21(30)12-9-19)29(35-2)28(33)27(25)20-10-13-23(24(14-20)37-17-26(31)32)36-16-18-6-4-3-5-7-18/h3-15,30,33H,16-17H2,1-2H3,(H,31,32). The fourth-order valence-corrected chi connectivity index (χ4v) is 3.90. The van der Waals surface area contributed by atoms with Gasteiger partial charge in [0.1, 0.15) is 18.1 Å². The van der Waals surface area contributed by atoms with E-state index in [-0.39, 0.29) is 29.6 Å². The van der Waals surface area contributed by atoms with Gasteiger partial charge in [0.25, 0.3) is 0 Å². The summed E-state index contributed by atoms with van der Waals surface area (Å²) in [6.07, 6.45) is 0. The van der Waals surface area contributed by atoms with Crippen molar-refractivity contribution in [2.45, 2.75) is 6.61 Å². The van der Waals surface area contributed by atoms with Crippen molar-refractivity contribution in [3.05, 3.63) is 84.4 Å². The maximum atomic E-state index is 11.3. The van der Waals surface area contributed by atoms with E-state index in [9.17, 15) is 15.0 Å². The Bertz CT molecular complexity index is 1380. The highest BCUT2D eigenvalue weighted by Gasteiger charge is 2.23. The first kappa shape index (κ1) is 25.2. The van der Waals surface area contributed by atoms with Crippen molar-refractivity contribution >= 4 is 5.97 Å². The lowest BCUT2D eigenvalue weighted by Crippen LogP contribution is -2.10. The van der Waals surface area contributed by atoms with Crippen molar-refractivity contribution in [2.24, 2.45) is 0 Å². The molecule has 0 fully saturated rings. The molecule has 0 spiro atoms. The maximum Gasteiger partial charge on any atom is 0.341 e. The third-order valence-corrected chi connectivity index (χ3v) is 5.64. The van der Waals surface area contributed by atoms with Crippen LogP contribution in [-0.2, 0) is 11.4 Å². The summed E-state index contributed by atoms with van der Waals surface area (Å²) in [5, 5.41) is 30.1. The van der Waals surface area contributed by atoms with Crippen LogP contribution in [0.4, 0.5) is 0 Å². The SMILES string of the molecule is COc1cc(-c2ccc(O)cc2)c(OC)c(O)c1-c1ccc(OCc2ccccc2)c(OCC(=O)O)c1. The molecule has 4 aromatic carbocycles. The number of phenolic OH excluding ortho intramolecular Hbond substituents is 2. The molecule has 0 radical (unpaired) electrons. The summed E-state index contributed by atoms with van der Waals surface area (Å²) < 4.78 is 22.6. The maximum absolute atomic E-state index is 11.3. The Balaban J connectivity index is 1.78.